The molecule has 1 saturated carbocycles. The fraction of sp³-hybridized carbons (Fsp3) is 0.231. The normalized spacial score (nSPS) is 13.0. The molecule has 0 spiro atoms. The molecule has 2 aromatic heterocycles. The van der Waals surface area contributed by atoms with Crippen LogP contribution < -0.4 is 10.1 Å². The van der Waals surface area contributed by atoms with E-state index in [0.29, 0.717) is 12.5 Å². The van der Waals surface area contributed by atoms with Gasteiger partial charge in [0, 0.05) is 42.2 Å². The molecule has 0 saturated heterocycles. The summed E-state index contributed by atoms with van der Waals surface area (Å²) in [6.07, 6.45) is 5.83. The second-order valence-electron chi connectivity index (χ2n) is 8.26. The van der Waals surface area contributed by atoms with Crippen molar-refractivity contribution in [2.24, 2.45) is 0 Å². The van der Waals surface area contributed by atoms with Crippen LogP contribution in [-0.4, -0.2) is 25.7 Å². The Morgan fingerprint density at radius 3 is 2.68 bits per heavy atom. The fourth-order valence-electron chi connectivity index (χ4n) is 3.63. The van der Waals surface area contributed by atoms with Gasteiger partial charge in [-0.3, -0.25) is 14.3 Å². The van der Waals surface area contributed by atoms with Gasteiger partial charge in [0.1, 0.15) is 18.2 Å². The SMILES string of the molecule is CC(=O)Nc1cccc(-n2c(SCc3ccc(OCc4cccnc4)cc3)nnc2C2CC2)c1. The molecule has 8 heteroatoms. The number of nitrogens with zero attached hydrogens (tertiary/aromatic N) is 4. The van der Waals surface area contributed by atoms with Crippen LogP contribution in [-0.2, 0) is 17.2 Å². The predicted molar refractivity (Wildman–Crippen MR) is 132 cm³/mol. The summed E-state index contributed by atoms with van der Waals surface area (Å²) in [7, 11) is 0. The number of pyridine rings is 1. The van der Waals surface area contributed by atoms with Gasteiger partial charge in [-0.2, -0.15) is 0 Å². The Bertz CT molecular complexity index is 1270. The van der Waals surface area contributed by atoms with Crippen molar-refractivity contribution < 1.29 is 9.53 Å². The molecule has 1 aliphatic carbocycles. The van der Waals surface area contributed by atoms with Gasteiger partial charge in [-0.05, 0) is 54.8 Å². The third-order valence-electron chi connectivity index (χ3n) is 5.45. The second-order valence-corrected chi connectivity index (χ2v) is 9.21. The standard InChI is InChI=1S/C26H25N5O2S/c1-18(32)28-22-5-2-6-23(14-22)31-25(21-9-10-21)29-30-26(31)34-17-19-7-11-24(12-8-19)33-16-20-4-3-13-27-15-20/h2-8,11-15,21H,9-10,16-17H2,1H3,(H,28,32). The van der Waals surface area contributed by atoms with Crippen LogP contribution >= 0.6 is 11.8 Å². The summed E-state index contributed by atoms with van der Waals surface area (Å²) in [5.41, 5.74) is 3.93. The highest BCUT2D eigenvalue weighted by atomic mass is 32.2. The average Bonchev–Trinajstić information content (AvgIpc) is 3.61. The molecule has 0 atom stereocenters. The number of aromatic nitrogens is 4. The summed E-state index contributed by atoms with van der Waals surface area (Å²) < 4.78 is 7.98. The summed E-state index contributed by atoms with van der Waals surface area (Å²) in [4.78, 5) is 15.6. The van der Waals surface area contributed by atoms with Crippen LogP contribution in [0.4, 0.5) is 5.69 Å². The van der Waals surface area contributed by atoms with Gasteiger partial charge in [0.15, 0.2) is 5.16 Å². The molecule has 0 radical (unpaired) electrons. The Balaban J connectivity index is 1.28. The summed E-state index contributed by atoms with van der Waals surface area (Å²) >= 11 is 1.65. The van der Waals surface area contributed by atoms with Crippen molar-refractivity contribution in [2.75, 3.05) is 5.32 Å². The van der Waals surface area contributed by atoms with Crippen molar-refractivity contribution in [1.82, 2.24) is 19.7 Å². The van der Waals surface area contributed by atoms with Gasteiger partial charge >= 0.3 is 0 Å². The molecule has 4 aromatic rings. The van der Waals surface area contributed by atoms with Crippen LogP contribution in [0.1, 0.15) is 42.6 Å². The minimum absolute atomic E-state index is 0.0919. The van der Waals surface area contributed by atoms with E-state index in [4.69, 9.17) is 4.74 Å². The first-order chi connectivity index (χ1) is 16.7. The maximum absolute atomic E-state index is 11.5. The molecular weight excluding hydrogens is 446 g/mol. The Labute approximate surface area is 202 Å². The topological polar surface area (TPSA) is 81.9 Å². The van der Waals surface area contributed by atoms with Crippen LogP contribution in [0.15, 0.2) is 78.2 Å². The summed E-state index contributed by atoms with van der Waals surface area (Å²) in [5.74, 6) is 2.93. The van der Waals surface area contributed by atoms with E-state index in [1.807, 2.05) is 54.7 Å². The lowest BCUT2D eigenvalue weighted by Crippen LogP contribution is -2.07. The number of hydrogen-bond acceptors (Lipinski definition) is 6. The lowest BCUT2D eigenvalue weighted by molar-refractivity contribution is -0.114. The molecule has 1 N–H and O–H groups in total. The molecule has 5 rings (SSSR count). The average molecular weight is 472 g/mol. The van der Waals surface area contributed by atoms with Crippen LogP contribution in [0.3, 0.4) is 0 Å². The van der Waals surface area contributed by atoms with Crippen LogP contribution in [0, 0.1) is 0 Å². The number of hydrogen-bond donors (Lipinski definition) is 1. The van der Waals surface area contributed by atoms with Crippen molar-refractivity contribution in [3.05, 3.63) is 90.0 Å². The number of amides is 1. The minimum Gasteiger partial charge on any atom is -0.489 e. The van der Waals surface area contributed by atoms with Gasteiger partial charge in [0.05, 0.1) is 5.69 Å². The smallest absolute Gasteiger partial charge is 0.221 e. The van der Waals surface area contributed by atoms with E-state index in [1.54, 1.807) is 18.0 Å². The van der Waals surface area contributed by atoms with E-state index >= 15 is 0 Å². The maximum atomic E-state index is 11.5. The molecular formula is C26H25N5O2S. The zero-order valence-electron chi connectivity index (χ0n) is 18.8. The van der Waals surface area contributed by atoms with Crippen LogP contribution in [0.5, 0.6) is 5.75 Å². The van der Waals surface area contributed by atoms with E-state index in [9.17, 15) is 4.79 Å². The number of carbonyl (C=O) groups excluding carboxylic acids is 1. The monoisotopic (exact) mass is 471 g/mol. The molecule has 0 aliphatic heterocycles. The number of ether oxygens (including phenoxy) is 1. The first-order valence-corrected chi connectivity index (χ1v) is 12.2. The third kappa shape index (κ3) is 5.46. The molecule has 172 valence electrons. The number of nitrogens with one attached hydrogen (secondary N) is 1. The number of carbonyl (C=O) groups is 1. The van der Waals surface area contributed by atoms with E-state index in [-0.39, 0.29) is 5.91 Å². The maximum Gasteiger partial charge on any atom is 0.221 e. The highest BCUT2D eigenvalue weighted by molar-refractivity contribution is 7.98. The summed E-state index contributed by atoms with van der Waals surface area (Å²) in [6, 6.07) is 19.9. The van der Waals surface area contributed by atoms with Gasteiger partial charge in [-0.15, -0.1) is 10.2 Å². The summed E-state index contributed by atoms with van der Waals surface area (Å²) in [5, 5.41) is 12.7. The van der Waals surface area contributed by atoms with E-state index in [1.165, 1.54) is 12.5 Å². The van der Waals surface area contributed by atoms with Crippen LogP contribution in [0.25, 0.3) is 5.69 Å². The lowest BCUT2D eigenvalue weighted by atomic mass is 10.2. The molecule has 0 unspecified atom stereocenters. The van der Waals surface area contributed by atoms with Crippen molar-refractivity contribution in [2.45, 2.75) is 43.2 Å². The van der Waals surface area contributed by atoms with Gasteiger partial charge in [-0.1, -0.05) is 36.0 Å². The number of anilines is 1. The van der Waals surface area contributed by atoms with Gasteiger partial charge in [0.2, 0.25) is 5.91 Å². The highest BCUT2D eigenvalue weighted by Crippen LogP contribution is 2.41. The number of benzene rings is 2. The van der Waals surface area contributed by atoms with Crippen molar-refractivity contribution in [1.29, 1.82) is 0 Å². The van der Waals surface area contributed by atoms with Gasteiger partial charge in [-0.25, -0.2) is 0 Å². The van der Waals surface area contributed by atoms with E-state index in [0.717, 1.165) is 52.3 Å². The molecule has 1 amide bonds. The van der Waals surface area contributed by atoms with E-state index < -0.39 is 0 Å². The molecule has 1 aliphatic rings. The minimum atomic E-state index is -0.0919. The molecule has 34 heavy (non-hydrogen) atoms. The first kappa shape index (κ1) is 22.2. The largest absolute Gasteiger partial charge is 0.489 e. The van der Waals surface area contributed by atoms with E-state index in [2.05, 4.69) is 37.2 Å². The van der Waals surface area contributed by atoms with Gasteiger partial charge < -0.3 is 10.1 Å². The lowest BCUT2D eigenvalue weighted by Gasteiger charge is -2.12. The zero-order valence-corrected chi connectivity index (χ0v) is 19.7. The van der Waals surface area contributed by atoms with Crippen LogP contribution in [0.2, 0.25) is 0 Å². The first-order valence-electron chi connectivity index (χ1n) is 11.2. The predicted octanol–water partition coefficient (Wildman–Crippen LogP) is 5.37. The van der Waals surface area contributed by atoms with Crippen molar-refractivity contribution in [3.63, 3.8) is 0 Å². The molecule has 7 nitrogen and oxygen atoms in total. The highest BCUT2D eigenvalue weighted by Gasteiger charge is 2.31. The molecule has 2 heterocycles. The Kier molecular flexibility index (Phi) is 6.58. The molecule has 0 bridgehead atoms. The number of rotatable bonds is 9. The van der Waals surface area contributed by atoms with Gasteiger partial charge in [0.25, 0.3) is 0 Å². The quantitative estimate of drug-likeness (QED) is 0.331. The zero-order chi connectivity index (χ0) is 23.3. The summed E-state index contributed by atoms with van der Waals surface area (Å²) in [6.45, 7) is 2.00. The number of thioether (sulfide) groups is 1. The van der Waals surface area contributed by atoms with Crippen molar-refractivity contribution in [3.8, 4) is 11.4 Å². The second kappa shape index (κ2) is 10.1. The Morgan fingerprint density at radius 1 is 1.09 bits per heavy atom. The third-order valence-corrected chi connectivity index (χ3v) is 6.45. The Morgan fingerprint density at radius 2 is 1.94 bits per heavy atom. The molecule has 2 aromatic carbocycles. The Hall–Kier alpha value is -3.65. The van der Waals surface area contributed by atoms with Crippen molar-refractivity contribution >= 4 is 23.4 Å². The fourth-order valence-corrected chi connectivity index (χ4v) is 4.54. The molecule has 1 fully saturated rings.